The zero-order valence-electron chi connectivity index (χ0n) is 20.8. The van der Waals surface area contributed by atoms with Crippen LogP contribution in [0.25, 0.3) is 0 Å². The first-order valence-electron chi connectivity index (χ1n) is 11.5. The van der Waals surface area contributed by atoms with E-state index < -0.39 is 57.9 Å². The van der Waals surface area contributed by atoms with Crippen LogP contribution < -0.4 is 5.23 Å². The second-order valence-electron chi connectivity index (χ2n) is 9.95. The number of esters is 1. The second kappa shape index (κ2) is 11.9. The smallest absolute Gasteiger partial charge is 0.373 e. The van der Waals surface area contributed by atoms with Gasteiger partial charge < -0.3 is 19.9 Å². The van der Waals surface area contributed by atoms with E-state index in [9.17, 15) is 27.8 Å². The maximum Gasteiger partial charge on any atom is 0.373 e. The summed E-state index contributed by atoms with van der Waals surface area (Å²) in [6.07, 6.45) is -0.886. The van der Waals surface area contributed by atoms with E-state index in [1.165, 1.54) is 11.8 Å². The van der Waals surface area contributed by atoms with Crippen molar-refractivity contribution >= 4 is 46.1 Å². The van der Waals surface area contributed by atoms with Crippen LogP contribution >= 0.6 is 11.6 Å². The first kappa shape index (κ1) is 29.3. The van der Waals surface area contributed by atoms with Crippen LogP contribution in [0.3, 0.4) is 0 Å². The lowest BCUT2D eigenvalue weighted by Crippen LogP contribution is -2.59. The van der Waals surface area contributed by atoms with Gasteiger partial charge in [-0.25, -0.2) is 8.42 Å². The summed E-state index contributed by atoms with van der Waals surface area (Å²) in [7, 11) is -4.25. The predicted octanol–water partition coefficient (Wildman–Crippen LogP) is 1.64. The molecular formula is C23H34BClN2O7S. The van der Waals surface area contributed by atoms with Gasteiger partial charge in [-0.05, 0) is 36.5 Å². The minimum absolute atomic E-state index is 0.0141. The summed E-state index contributed by atoms with van der Waals surface area (Å²) in [5.74, 6) is -2.34. The third-order valence-electron chi connectivity index (χ3n) is 5.78. The highest BCUT2D eigenvalue weighted by molar-refractivity contribution is 7.91. The SMILES string of the molecule is CB(O)NCc1ccc(Cl)cc1CCC(=O)[C@@H]1CS(=O)(=O)CCN1C(=O)[C@H](OC(C)=O)C(C)(C)C. The maximum absolute atomic E-state index is 13.4. The number of rotatable bonds is 9. The number of benzene rings is 1. The molecule has 1 heterocycles. The summed E-state index contributed by atoms with van der Waals surface area (Å²) in [6, 6.07) is 4.07. The average molecular weight is 529 g/mol. The maximum atomic E-state index is 13.4. The van der Waals surface area contributed by atoms with Gasteiger partial charge in [0.1, 0.15) is 6.04 Å². The average Bonchev–Trinajstić information content (AvgIpc) is 2.73. The summed E-state index contributed by atoms with van der Waals surface area (Å²) >= 11 is 6.14. The number of sulfone groups is 1. The van der Waals surface area contributed by atoms with Crippen LogP contribution in [-0.2, 0) is 41.9 Å². The van der Waals surface area contributed by atoms with E-state index in [0.29, 0.717) is 11.6 Å². The summed E-state index contributed by atoms with van der Waals surface area (Å²) < 4.78 is 30.0. The van der Waals surface area contributed by atoms with Crippen LogP contribution in [-0.4, -0.2) is 73.2 Å². The Hall–Kier alpha value is -1.95. The molecule has 0 saturated carbocycles. The van der Waals surface area contributed by atoms with E-state index in [4.69, 9.17) is 16.3 Å². The van der Waals surface area contributed by atoms with Gasteiger partial charge in [0.15, 0.2) is 21.7 Å². The highest BCUT2D eigenvalue weighted by atomic mass is 35.5. The number of ether oxygens (including phenoxy) is 1. The topological polar surface area (TPSA) is 130 Å². The second-order valence-corrected chi connectivity index (χ2v) is 12.6. The zero-order chi connectivity index (χ0) is 26.6. The number of nitrogens with zero attached hydrogens (tertiary/aromatic N) is 1. The van der Waals surface area contributed by atoms with E-state index in [1.54, 1.807) is 45.8 Å². The number of amides is 1. The molecule has 0 radical (unpaired) electrons. The number of carbonyl (C=O) groups is 3. The molecule has 0 unspecified atom stereocenters. The molecule has 1 fully saturated rings. The van der Waals surface area contributed by atoms with Gasteiger partial charge in [0.25, 0.3) is 5.91 Å². The van der Waals surface area contributed by atoms with Crippen molar-refractivity contribution in [3.05, 3.63) is 34.3 Å². The van der Waals surface area contributed by atoms with E-state index in [1.807, 2.05) is 0 Å². The van der Waals surface area contributed by atoms with Gasteiger partial charge in [-0.15, -0.1) is 0 Å². The molecule has 1 saturated heterocycles. The first-order valence-corrected chi connectivity index (χ1v) is 13.7. The molecule has 194 valence electrons. The Morgan fingerprint density at radius 2 is 1.94 bits per heavy atom. The fourth-order valence-electron chi connectivity index (χ4n) is 3.93. The molecule has 0 bridgehead atoms. The predicted molar refractivity (Wildman–Crippen MR) is 135 cm³/mol. The minimum Gasteiger partial charge on any atom is -0.452 e. The van der Waals surface area contributed by atoms with Gasteiger partial charge in [-0.2, -0.15) is 0 Å². The number of hydrogen-bond acceptors (Lipinski definition) is 8. The largest absolute Gasteiger partial charge is 0.452 e. The standard InChI is InChI=1S/C23H34BClN2O7S/c1-15(28)34-21(23(2,3)4)22(30)27-10-11-35(32,33)14-19(27)20(29)9-7-16-12-18(25)8-6-17(16)13-26-24(5)31/h6,8,12,19,21,26,31H,7,9-11,13-14H2,1-5H3/t19-,21-/m0/s1. The molecule has 0 aliphatic carbocycles. The fourth-order valence-corrected chi connectivity index (χ4v) is 5.62. The van der Waals surface area contributed by atoms with Crippen LogP contribution in [0.4, 0.5) is 0 Å². The van der Waals surface area contributed by atoms with Gasteiger partial charge in [0, 0.05) is 36.9 Å². The summed E-state index contributed by atoms with van der Waals surface area (Å²) in [5, 5.41) is 12.9. The Morgan fingerprint density at radius 3 is 2.51 bits per heavy atom. The molecule has 2 atom stereocenters. The van der Waals surface area contributed by atoms with Gasteiger partial charge >= 0.3 is 13.0 Å². The monoisotopic (exact) mass is 528 g/mol. The lowest BCUT2D eigenvalue weighted by atomic mass is 9.87. The van der Waals surface area contributed by atoms with Gasteiger partial charge in [0.2, 0.25) is 0 Å². The Labute approximate surface area is 212 Å². The summed E-state index contributed by atoms with van der Waals surface area (Å²) in [6.45, 7) is 8.20. The summed E-state index contributed by atoms with van der Waals surface area (Å²) in [5.41, 5.74) is 0.872. The molecule has 2 N–H and O–H groups in total. The van der Waals surface area contributed by atoms with Crippen molar-refractivity contribution in [1.82, 2.24) is 10.1 Å². The fraction of sp³-hybridized carbons (Fsp3) is 0.609. The van der Waals surface area contributed by atoms with E-state index >= 15 is 0 Å². The highest BCUT2D eigenvalue weighted by Crippen LogP contribution is 2.27. The molecule has 12 heteroatoms. The number of carbonyl (C=O) groups excluding carboxylic acids is 3. The first-order chi connectivity index (χ1) is 16.1. The van der Waals surface area contributed by atoms with Crippen LogP contribution in [0.15, 0.2) is 18.2 Å². The zero-order valence-corrected chi connectivity index (χ0v) is 22.4. The van der Waals surface area contributed by atoms with Crippen LogP contribution in [0.2, 0.25) is 11.8 Å². The minimum atomic E-state index is -3.52. The Kier molecular flexibility index (Phi) is 9.92. The van der Waals surface area contributed by atoms with Crippen molar-refractivity contribution in [3.8, 4) is 0 Å². The van der Waals surface area contributed by atoms with Crippen molar-refractivity contribution in [2.45, 2.75) is 66.1 Å². The molecule has 0 aromatic heterocycles. The molecule has 0 spiro atoms. The van der Waals surface area contributed by atoms with Gasteiger partial charge in [-0.3, -0.25) is 14.4 Å². The van der Waals surface area contributed by atoms with Crippen LogP contribution in [0.5, 0.6) is 0 Å². The Morgan fingerprint density at radius 1 is 1.29 bits per heavy atom. The third kappa shape index (κ3) is 8.59. The van der Waals surface area contributed by atoms with Crippen molar-refractivity contribution in [1.29, 1.82) is 0 Å². The lowest BCUT2D eigenvalue weighted by Gasteiger charge is -2.39. The van der Waals surface area contributed by atoms with Crippen LogP contribution in [0.1, 0.15) is 45.2 Å². The van der Waals surface area contributed by atoms with Gasteiger partial charge in [-0.1, -0.05) is 38.4 Å². The third-order valence-corrected chi connectivity index (χ3v) is 7.64. The lowest BCUT2D eigenvalue weighted by molar-refractivity contribution is -0.167. The quantitative estimate of drug-likeness (QED) is 0.365. The molecule has 2 rings (SSSR count). The van der Waals surface area contributed by atoms with Crippen molar-refractivity contribution in [2.75, 3.05) is 18.1 Å². The van der Waals surface area contributed by atoms with E-state index in [2.05, 4.69) is 5.23 Å². The van der Waals surface area contributed by atoms with Crippen LogP contribution in [0, 0.1) is 5.41 Å². The van der Waals surface area contributed by atoms with E-state index in [0.717, 1.165) is 11.1 Å². The molecule has 1 amide bonds. The summed E-state index contributed by atoms with van der Waals surface area (Å²) in [4.78, 5) is 39.5. The highest BCUT2D eigenvalue weighted by Gasteiger charge is 2.44. The number of hydrogen-bond donors (Lipinski definition) is 2. The number of halogens is 1. The molecule has 1 aliphatic heterocycles. The molecule has 9 nitrogen and oxygen atoms in total. The van der Waals surface area contributed by atoms with E-state index in [-0.39, 0.29) is 25.1 Å². The molecular weight excluding hydrogens is 495 g/mol. The normalized spacial score (nSPS) is 18.6. The van der Waals surface area contributed by atoms with Crippen molar-refractivity contribution < 1.29 is 32.6 Å². The number of nitrogens with one attached hydrogen (secondary N) is 1. The molecule has 35 heavy (non-hydrogen) atoms. The Bertz CT molecular complexity index is 1060. The Balaban J connectivity index is 2.27. The molecule has 1 aromatic carbocycles. The van der Waals surface area contributed by atoms with Crippen molar-refractivity contribution in [3.63, 3.8) is 0 Å². The molecule has 1 aromatic rings. The number of ketones is 1. The number of Topliss-reactive ketones (excluding diaryl/α,β-unsaturated/α-hetero) is 1. The van der Waals surface area contributed by atoms with Crippen molar-refractivity contribution in [2.24, 2.45) is 5.41 Å². The van der Waals surface area contributed by atoms with Gasteiger partial charge in [0.05, 0.1) is 11.5 Å². The number of aryl methyl sites for hydroxylation is 1. The molecule has 1 aliphatic rings.